The van der Waals surface area contributed by atoms with Crippen molar-refractivity contribution in [1.29, 1.82) is 0 Å². The molecule has 2 rings (SSSR count). The molecule has 1 aromatic heterocycles. The van der Waals surface area contributed by atoms with Crippen molar-refractivity contribution in [1.82, 2.24) is 4.98 Å². The van der Waals surface area contributed by atoms with Crippen LogP contribution in [0.4, 0.5) is 0 Å². The van der Waals surface area contributed by atoms with Gasteiger partial charge in [-0.2, -0.15) is 0 Å². The van der Waals surface area contributed by atoms with Gasteiger partial charge in [-0.1, -0.05) is 42.8 Å². The fraction of sp³-hybridized carbons (Fsp3) is 0.167. The fourth-order valence-corrected chi connectivity index (χ4v) is 2.57. The van der Waals surface area contributed by atoms with Crippen molar-refractivity contribution in [3.8, 4) is 10.6 Å². The zero-order chi connectivity index (χ0) is 12.4. The van der Waals surface area contributed by atoms with Gasteiger partial charge in [-0.25, -0.2) is 9.78 Å². The molecule has 3 nitrogen and oxygen atoms in total. The molecule has 0 saturated carbocycles. The molecule has 0 aliphatic rings. The summed E-state index contributed by atoms with van der Waals surface area (Å²) in [6.45, 7) is 2.08. The molecule has 0 fully saturated rings. The molecule has 5 heteroatoms. The first kappa shape index (κ1) is 12.1. The molecule has 0 radical (unpaired) electrons. The van der Waals surface area contributed by atoms with Crippen molar-refractivity contribution in [2.45, 2.75) is 13.3 Å². The molecule has 2 aromatic rings. The normalized spacial score (nSPS) is 10.5. The fourth-order valence-electron chi connectivity index (χ4n) is 1.44. The van der Waals surface area contributed by atoms with Gasteiger partial charge in [0.25, 0.3) is 0 Å². The average Bonchev–Trinajstić information content (AvgIpc) is 2.71. The molecule has 0 saturated heterocycles. The second-order valence-electron chi connectivity index (χ2n) is 3.49. The zero-order valence-corrected chi connectivity index (χ0v) is 10.7. The number of benzene rings is 1. The standard InChI is InChI=1S/C12H10ClNO2S/c1-2-7-3-5-8(6-4-7)11-14-10(13)9(17-11)12(15)16/h3-6H,2H2,1H3,(H,15,16). The van der Waals surface area contributed by atoms with Crippen LogP contribution >= 0.6 is 22.9 Å². The highest BCUT2D eigenvalue weighted by atomic mass is 35.5. The minimum atomic E-state index is -1.04. The summed E-state index contributed by atoms with van der Waals surface area (Å²) >= 11 is 6.86. The number of carboxylic acids is 1. The molecule has 1 N–H and O–H groups in total. The van der Waals surface area contributed by atoms with Crippen molar-refractivity contribution in [3.05, 3.63) is 39.9 Å². The quantitative estimate of drug-likeness (QED) is 0.922. The summed E-state index contributed by atoms with van der Waals surface area (Å²) in [5, 5.41) is 9.58. The molecular formula is C12H10ClNO2S. The van der Waals surface area contributed by atoms with Crippen LogP contribution in [0.2, 0.25) is 5.15 Å². The third-order valence-corrected chi connectivity index (χ3v) is 3.87. The number of carbonyl (C=O) groups is 1. The monoisotopic (exact) mass is 267 g/mol. The number of hydrogen-bond donors (Lipinski definition) is 1. The van der Waals surface area contributed by atoms with Gasteiger partial charge in [-0.15, -0.1) is 11.3 Å². The molecule has 0 bridgehead atoms. The van der Waals surface area contributed by atoms with Crippen molar-refractivity contribution >= 4 is 28.9 Å². The highest BCUT2D eigenvalue weighted by molar-refractivity contribution is 7.17. The Kier molecular flexibility index (Phi) is 3.45. The number of aryl methyl sites for hydroxylation is 1. The topological polar surface area (TPSA) is 50.2 Å². The molecule has 1 aromatic carbocycles. The lowest BCUT2D eigenvalue weighted by atomic mass is 10.1. The highest BCUT2D eigenvalue weighted by Gasteiger charge is 2.16. The Balaban J connectivity index is 2.39. The van der Waals surface area contributed by atoms with E-state index in [2.05, 4.69) is 11.9 Å². The van der Waals surface area contributed by atoms with E-state index in [1.54, 1.807) is 0 Å². The van der Waals surface area contributed by atoms with Crippen LogP contribution in [0.3, 0.4) is 0 Å². The number of aromatic nitrogens is 1. The first-order valence-electron chi connectivity index (χ1n) is 5.10. The summed E-state index contributed by atoms with van der Waals surface area (Å²) in [6, 6.07) is 7.87. The Labute approximate surface area is 108 Å². The van der Waals surface area contributed by atoms with Gasteiger partial charge in [0.05, 0.1) is 0 Å². The van der Waals surface area contributed by atoms with E-state index in [-0.39, 0.29) is 10.0 Å². The van der Waals surface area contributed by atoms with Gasteiger partial charge in [-0.05, 0) is 12.0 Å². The summed E-state index contributed by atoms with van der Waals surface area (Å²) in [6.07, 6.45) is 0.972. The number of rotatable bonds is 3. The molecular weight excluding hydrogens is 258 g/mol. The van der Waals surface area contributed by atoms with Gasteiger partial charge in [-0.3, -0.25) is 0 Å². The maximum absolute atomic E-state index is 10.9. The zero-order valence-electron chi connectivity index (χ0n) is 9.11. The molecule has 0 spiro atoms. The summed E-state index contributed by atoms with van der Waals surface area (Å²) in [7, 11) is 0. The minimum absolute atomic E-state index is 0.0528. The largest absolute Gasteiger partial charge is 0.477 e. The highest BCUT2D eigenvalue weighted by Crippen LogP contribution is 2.30. The molecule has 0 aliphatic heterocycles. The van der Waals surface area contributed by atoms with Crippen LogP contribution in [0, 0.1) is 0 Å². The lowest BCUT2D eigenvalue weighted by Crippen LogP contribution is -1.91. The summed E-state index contributed by atoms with van der Waals surface area (Å²) in [5.41, 5.74) is 2.12. The lowest BCUT2D eigenvalue weighted by molar-refractivity contribution is 0.0702. The van der Waals surface area contributed by atoms with E-state index in [9.17, 15) is 4.79 Å². The molecule has 0 amide bonds. The van der Waals surface area contributed by atoms with Crippen molar-refractivity contribution < 1.29 is 9.90 Å². The van der Waals surface area contributed by atoms with Gasteiger partial charge < -0.3 is 5.11 Å². The Bertz CT molecular complexity index is 548. The SMILES string of the molecule is CCc1ccc(-c2nc(Cl)c(C(=O)O)s2)cc1. The number of nitrogens with zero attached hydrogens (tertiary/aromatic N) is 1. The summed E-state index contributed by atoms with van der Waals surface area (Å²) in [4.78, 5) is 15.0. The van der Waals surface area contributed by atoms with Crippen LogP contribution in [0.25, 0.3) is 10.6 Å². The number of aromatic carboxylic acids is 1. The van der Waals surface area contributed by atoms with Crippen LogP contribution in [0.5, 0.6) is 0 Å². The van der Waals surface area contributed by atoms with E-state index in [0.717, 1.165) is 23.3 Å². The van der Waals surface area contributed by atoms with Crippen LogP contribution in [-0.2, 0) is 6.42 Å². The number of hydrogen-bond acceptors (Lipinski definition) is 3. The maximum atomic E-state index is 10.9. The summed E-state index contributed by atoms with van der Waals surface area (Å²) < 4.78 is 0. The third-order valence-electron chi connectivity index (χ3n) is 2.39. The van der Waals surface area contributed by atoms with E-state index in [1.165, 1.54) is 5.56 Å². The first-order chi connectivity index (χ1) is 8.11. The lowest BCUT2D eigenvalue weighted by Gasteiger charge is -1.98. The van der Waals surface area contributed by atoms with E-state index in [0.29, 0.717) is 5.01 Å². The smallest absolute Gasteiger partial charge is 0.349 e. The van der Waals surface area contributed by atoms with Crippen LogP contribution < -0.4 is 0 Å². The number of thiazole rings is 1. The van der Waals surface area contributed by atoms with E-state index in [1.807, 2.05) is 24.3 Å². The van der Waals surface area contributed by atoms with E-state index in [4.69, 9.17) is 16.7 Å². The van der Waals surface area contributed by atoms with Crippen LogP contribution in [0.1, 0.15) is 22.2 Å². The predicted octanol–water partition coefficient (Wildman–Crippen LogP) is 3.72. The molecule has 88 valence electrons. The van der Waals surface area contributed by atoms with Crippen molar-refractivity contribution in [2.75, 3.05) is 0 Å². The molecule has 0 aliphatic carbocycles. The minimum Gasteiger partial charge on any atom is -0.477 e. The number of carboxylic acid groups (broad SMARTS) is 1. The first-order valence-corrected chi connectivity index (χ1v) is 6.30. The maximum Gasteiger partial charge on any atom is 0.349 e. The van der Waals surface area contributed by atoms with Gasteiger partial charge >= 0.3 is 5.97 Å². The van der Waals surface area contributed by atoms with Gasteiger partial charge in [0.1, 0.15) is 5.01 Å². The Morgan fingerprint density at radius 1 is 1.41 bits per heavy atom. The number of halogens is 1. The van der Waals surface area contributed by atoms with Crippen LogP contribution in [0.15, 0.2) is 24.3 Å². The van der Waals surface area contributed by atoms with Crippen LogP contribution in [-0.4, -0.2) is 16.1 Å². The van der Waals surface area contributed by atoms with Crippen molar-refractivity contribution in [3.63, 3.8) is 0 Å². The predicted molar refractivity (Wildman–Crippen MR) is 68.9 cm³/mol. The molecule has 0 unspecified atom stereocenters. The third kappa shape index (κ3) is 2.48. The Morgan fingerprint density at radius 3 is 2.53 bits per heavy atom. The Hall–Kier alpha value is -1.39. The van der Waals surface area contributed by atoms with Crippen molar-refractivity contribution in [2.24, 2.45) is 0 Å². The second kappa shape index (κ2) is 4.85. The van der Waals surface area contributed by atoms with E-state index >= 15 is 0 Å². The van der Waals surface area contributed by atoms with Gasteiger partial charge in [0, 0.05) is 5.56 Å². The molecule has 17 heavy (non-hydrogen) atoms. The van der Waals surface area contributed by atoms with E-state index < -0.39 is 5.97 Å². The Morgan fingerprint density at radius 2 is 2.06 bits per heavy atom. The van der Waals surface area contributed by atoms with Gasteiger partial charge in [0.15, 0.2) is 10.0 Å². The average molecular weight is 268 g/mol. The van der Waals surface area contributed by atoms with Gasteiger partial charge in [0.2, 0.25) is 0 Å². The summed E-state index contributed by atoms with van der Waals surface area (Å²) in [5.74, 6) is -1.04. The molecule has 1 heterocycles. The molecule has 0 atom stereocenters. The second-order valence-corrected chi connectivity index (χ2v) is 4.85.